The molecule has 0 spiro atoms. The first kappa shape index (κ1) is 9.08. The summed E-state index contributed by atoms with van der Waals surface area (Å²) < 4.78 is 0. The molecule has 3 rings (SSSR count). The largest absolute Gasteiger partial charge is 0.481 e. The van der Waals surface area contributed by atoms with Gasteiger partial charge in [-0.25, -0.2) is 4.98 Å². The monoisotopic (exact) mass is 215 g/mol. The van der Waals surface area contributed by atoms with Crippen molar-refractivity contribution in [1.82, 2.24) is 15.0 Å². The van der Waals surface area contributed by atoms with E-state index in [4.69, 9.17) is 5.11 Å². The van der Waals surface area contributed by atoms with Gasteiger partial charge in [-0.15, -0.1) is 0 Å². The maximum absolute atomic E-state index is 10.6. The molecule has 0 unspecified atom stereocenters. The Morgan fingerprint density at radius 2 is 2.44 bits per heavy atom. The van der Waals surface area contributed by atoms with Crippen LogP contribution in [0.25, 0.3) is 11.3 Å². The van der Waals surface area contributed by atoms with Crippen LogP contribution in [0, 0.1) is 0 Å². The van der Waals surface area contributed by atoms with Crippen molar-refractivity contribution in [2.45, 2.75) is 12.8 Å². The van der Waals surface area contributed by atoms with E-state index in [0.29, 0.717) is 5.69 Å². The summed E-state index contributed by atoms with van der Waals surface area (Å²) in [7, 11) is 0. The summed E-state index contributed by atoms with van der Waals surface area (Å²) in [5, 5.41) is 8.70. The lowest BCUT2D eigenvalue weighted by Crippen LogP contribution is -2.04. The van der Waals surface area contributed by atoms with Gasteiger partial charge in [0.1, 0.15) is 0 Å². The fourth-order valence-corrected chi connectivity index (χ4v) is 1.98. The number of carboxylic acid groups (broad SMARTS) is 1. The molecule has 0 aliphatic heterocycles. The van der Waals surface area contributed by atoms with Gasteiger partial charge in [-0.05, 0) is 6.07 Å². The minimum atomic E-state index is -0.887. The smallest absolute Gasteiger partial charge is 0.309 e. The van der Waals surface area contributed by atoms with Crippen LogP contribution in [0.1, 0.15) is 17.1 Å². The molecule has 0 radical (unpaired) electrons. The number of hydrogen-bond donors (Lipinski definition) is 2. The van der Waals surface area contributed by atoms with Gasteiger partial charge >= 0.3 is 5.97 Å². The van der Waals surface area contributed by atoms with Crippen LogP contribution in [0.2, 0.25) is 0 Å². The number of H-pyrrole nitrogens is 1. The average molecular weight is 215 g/mol. The van der Waals surface area contributed by atoms with E-state index in [9.17, 15) is 4.79 Å². The molecule has 2 aromatic heterocycles. The first-order valence-corrected chi connectivity index (χ1v) is 4.97. The van der Waals surface area contributed by atoms with Gasteiger partial charge in [-0.3, -0.25) is 9.78 Å². The summed E-state index contributed by atoms with van der Waals surface area (Å²) in [6, 6.07) is 1.94. The molecule has 2 aromatic rings. The van der Waals surface area contributed by atoms with Crippen molar-refractivity contribution in [2.24, 2.45) is 0 Å². The van der Waals surface area contributed by atoms with Gasteiger partial charge < -0.3 is 10.1 Å². The third kappa shape index (κ3) is 1.29. The van der Waals surface area contributed by atoms with Crippen molar-refractivity contribution in [3.8, 4) is 11.3 Å². The van der Waals surface area contributed by atoms with Crippen molar-refractivity contribution in [3.63, 3.8) is 0 Å². The molecule has 0 saturated carbocycles. The van der Waals surface area contributed by atoms with Gasteiger partial charge in [0.15, 0.2) is 0 Å². The number of fused-ring (bicyclic) bond motifs is 3. The SMILES string of the molecule is O=C(O)Cc1cnc2c(n1)-c1cc[nH]c1C2. The number of nitrogens with one attached hydrogen (secondary N) is 1. The predicted molar refractivity (Wildman–Crippen MR) is 56.0 cm³/mol. The Labute approximate surface area is 91.2 Å². The molecule has 2 heterocycles. The molecule has 0 amide bonds. The van der Waals surface area contributed by atoms with Gasteiger partial charge in [0.25, 0.3) is 0 Å². The van der Waals surface area contributed by atoms with Crippen LogP contribution in [-0.2, 0) is 17.6 Å². The summed E-state index contributed by atoms with van der Waals surface area (Å²) in [5.41, 5.74) is 4.36. The second-order valence-electron chi connectivity index (χ2n) is 3.77. The van der Waals surface area contributed by atoms with E-state index >= 15 is 0 Å². The number of rotatable bonds is 2. The molecule has 0 atom stereocenters. The zero-order valence-electron chi connectivity index (χ0n) is 8.40. The quantitative estimate of drug-likeness (QED) is 0.668. The molecular weight excluding hydrogens is 206 g/mol. The second kappa shape index (κ2) is 3.16. The van der Waals surface area contributed by atoms with Crippen molar-refractivity contribution < 1.29 is 9.90 Å². The van der Waals surface area contributed by atoms with Gasteiger partial charge in [0, 0.05) is 30.1 Å². The van der Waals surface area contributed by atoms with E-state index in [1.807, 2.05) is 12.3 Å². The molecule has 5 heteroatoms. The van der Waals surface area contributed by atoms with Crippen LogP contribution >= 0.6 is 0 Å². The lowest BCUT2D eigenvalue weighted by atomic mass is 10.2. The lowest BCUT2D eigenvalue weighted by Gasteiger charge is -2.00. The standard InChI is InChI=1S/C11H9N3O2/c15-10(16)3-6-5-13-9-4-8-7(1-2-12-8)11(9)14-6/h1-2,5,12H,3-4H2,(H,15,16). The first-order valence-electron chi connectivity index (χ1n) is 4.97. The summed E-state index contributed by atoms with van der Waals surface area (Å²) in [6.45, 7) is 0. The van der Waals surface area contributed by atoms with Gasteiger partial charge in [0.2, 0.25) is 0 Å². The molecule has 2 N–H and O–H groups in total. The molecule has 0 bridgehead atoms. The minimum Gasteiger partial charge on any atom is -0.481 e. The van der Waals surface area contributed by atoms with Crippen LogP contribution in [-0.4, -0.2) is 26.0 Å². The zero-order valence-corrected chi connectivity index (χ0v) is 8.40. The maximum Gasteiger partial charge on any atom is 0.309 e. The van der Waals surface area contributed by atoms with Gasteiger partial charge in [-0.2, -0.15) is 0 Å². The van der Waals surface area contributed by atoms with E-state index < -0.39 is 5.97 Å². The molecule has 0 saturated heterocycles. The van der Waals surface area contributed by atoms with Crippen LogP contribution in [0.3, 0.4) is 0 Å². The van der Waals surface area contributed by atoms with E-state index in [1.165, 1.54) is 0 Å². The van der Waals surface area contributed by atoms with Crippen LogP contribution in [0.5, 0.6) is 0 Å². The highest BCUT2D eigenvalue weighted by Gasteiger charge is 2.22. The fraction of sp³-hybridized carbons (Fsp3) is 0.182. The molecular formula is C11H9N3O2. The highest BCUT2D eigenvalue weighted by atomic mass is 16.4. The second-order valence-corrected chi connectivity index (χ2v) is 3.77. The van der Waals surface area contributed by atoms with E-state index in [0.717, 1.165) is 29.1 Å². The van der Waals surface area contributed by atoms with Crippen molar-refractivity contribution in [3.05, 3.63) is 35.5 Å². The van der Waals surface area contributed by atoms with Gasteiger partial charge in [-0.1, -0.05) is 0 Å². The summed E-state index contributed by atoms with van der Waals surface area (Å²) in [4.78, 5) is 22.3. The molecule has 80 valence electrons. The summed E-state index contributed by atoms with van der Waals surface area (Å²) >= 11 is 0. The third-order valence-electron chi connectivity index (χ3n) is 2.66. The Hall–Kier alpha value is -2.17. The number of nitrogens with zero attached hydrogens (tertiary/aromatic N) is 2. The predicted octanol–water partition coefficient (Wildman–Crippen LogP) is 1.00. The zero-order chi connectivity index (χ0) is 11.1. The molecule has 1 aliphatic rings. The molecule has 1 aliphatic carbocycles. The van der Waals surface area contributed by atoms with Crippen LogP contribution in [0.4, 0.5) is 0 Å². The number of aromatic nitrogens is 3. The topological polar surface area (TPSA) is 78.9 Å². The average Bonchev–Trinajstić information content (AvgIpc) is 2.77. The Morgan fingerprint density at radius 3 is 3.25 bits per heavy atom. The molecule has 16 heavy (non-hydrogen) atoms. The number of carbonyl (C=O) groups is 1. The number of carboxylic acids is 1. The Bertz CT molecular complexity index is 574. The fourth-order valence-electron chi connectivity index (χ4n) is 1.98. The highest BCUT2D eigenvalue weighted by molar-refractivity contribution is 5.72. The Kier molecular flexibility index (Phi) is 1.80. The minimum absolute atomic E-state index is 0.0833. The number of hydrogen-bond acceptors (Lipinski definition) is 3. The van der Waals surface area contributed by atoms with Crippen molar-refractivity contribution in [1.29, 1.82) is 0 Å². The van der Waals surface area contributed by atoms with Crippen molar-refractivity contribution in [2.75, 3.05) is 0 Å². The lowest BCUT2D eigenvalue weighted by molar-refractivity contribution is -0.136. The number of aliphatic carboxylic acids is 1. The molecule has 5 nitrogen and oxygen atoms in total. The van der Waals surface area contributed by atoms with E-state index in [1.54, 1.807) is 6.20 Å². The summed E-state index contributed by atoms with van der Waals surface area (Å²) in [6.07, 6.45) is 4.07. The third-order valence-corrected chi connectivity index (χ3v) is 2.66. The van der Waals surface area contributed by atoms with E-state index in [-0.39, 0.29) is 6.42 Å². The normalized spacial score (nSPS) is 12.2. The molecule has 0 fully saturated rings. The van der Waals surface area contributed by atoms with Crippen LogP contribution in [0.15, 0.2) is 18.5 Å². The summed E-state index contributed by atoms with van der Waals surface area (Å²) in [5.74, 6) is -0.887. The van der Waals surface area contributed by atoms with E-state index in [2.05, 4.69) is 15.0 Å². The highest BCUT2D eigenvalue weighted by Crippen LogP contribution is 2.32. The molecule has 0 aromatic carbocycles. The first-order chi connectivity index (χ1) is 7.74. The maximum atomic E-state index is 10.6. The number of aromatic amines is 1. The van der Waals surface area contributed by atoms with Gasteiger partial charge in [0.05, 0.1) is 23.5 Å². The Morgan fingerprint density at radius 1 is 1.56 bits per heavy atom. The van der Waals surface area contributed by atoms with Crippen molar-refractivity contribution >= 4 is 5.97 Å². The Balaban J connectivity index is 2.07. The van der Waals surface area contributed by atoms with Crippen LogP contribution < -0.4 is 0 Å².